The van der Waals surface area contributed by atoms with Crippen LogP contribution in [0.3, 0.4) is 0 Å². The summed E-state index contributed by atoms with van der Waals surface area (Å²) >= 11 is 0. The number of amides is 4. The van der Waals surface area contributed by atoms with Crippen LogP contribution in [0.4, 0.5) is 26.8 Å². The maximum atomic E-state index is 13.5. The van der Waals surface area contributed by atoms with Gasteiger partial charge in [-0.1, -0.05) is 50.6 Å². The molecule has 3 N–H and O–H groups in total. The Labute approximate surface area is 282 Å². The van der Waals surface area contributed by atoms with E-state index < -0.39 is 0 Å². The molecule has 3 heterocycles. The fourth-order valence-corrected chi connectivity index (χ4v) is 6.99. The van der Waals surface area contributed by atoms with E-state index in [-0.39, 0.29) is 29.6 Å². The van der Waals surface area contributed by atoms with Crippen molar-refractivity contribution < 1.29 is 19.1 Å². The molecule has 2 bridgehead atoms. The summed E-state index contributed by atoms with van der Waals surface area (Å²) in [5.41, 5.74) is 5.24. The molecule has 2 atom stereocenters. The lowest BCUT2D eigenvalue weighted by molar-refractivity contribution is 0.131. The van der Waals surface area contributed by atoms with E-state index in [1.165, 1.54) is 0 Å². The van der Waals surface area contributed by atoms with Gasteiger partial charge in [0.2, 0.25) is 0 Å². The number of urea groups is 2. The van der Waals surface area contributed by atoms with Gasteiger partial charge in [0.25, 0.3) is 0 Å². The molecule has 0 saturated carbocycles. The summed E-state index contributed by atoms with van der Waals surface area (Å²) in [4.78, 5) is 28.8. The van der Waals surface area contributed by atoms with Gasteiger partial charge in [-0.2, -0.15) is 5.10 Å². The third-order valence-electron chi connectivity index (χ3n) is 9.42. The zero-order valence-corrected chi connectivity index (χ0v) is 28.7. The smallest absolute Gasteiger partial charge is 0.324 e. The summed E-state index contributed by atoms with van der Waals surface area (Å²) in [6.07, 6.45) is 4.77. The lowest BCUT2D eigenvalue weighted by Gasteiger charge is -2.39. The highest BCUT2D eigenvalue weighted by Crippen LogP contribution is 2.41. The molecule has 10 heteroatoms. The van der Waals surface area contributed by atoms with Crippen molar-refractivity contribution in [2.45, 2.75) is 77.3 Å². The van der Waals surface area contributed by atoms with Crippen LogP contribution in [-0.2, 0) is 11.8 Å². The molecule has 1 aromatic heterocycles. The number of hydrogen-bond acceptors (Lipinski definition) is 5. The first-order valence-corrected chi connectivity index (χ1v) is 16.7. The molecule has 2 aliphatic heterocycles. The molecule has 2 aliphatic rings. The van der Waals surface area contributed by atoms with Crippen molar-refractivity contribution in [3.8, 4) is 17.2 Å². The van der Waals surface area contributed by atoms with Gasteiger partial charge in [0.1, 0.15) is 17.3 Å². The lowest BCUT2D eigenvalue weighted by Crippen LogP contribution is -2.48. The van der Waals surface area contributed by atoms with E-state index >= 15 is 0 Å². The van der Waals surface area contributed by atoms with Gasteiger partial charge < -0.3 is 25.0 Å². The summed E-state index contributed by atoms with van der Waals surface area (Å²) in [6.45, 7) is 8.36. The Balaban J connectivity index is 1.09. The normalized spacial score (nSPS) is 18.7. The standard InChI is InChI=1S/C38H46N6O4/c1-24-10-12-28(13-11-24)44-35(23-34(42-44)38(2,3)4)41-36(45)39-27-9-7-8-25(19-27)18-26-20-29-14-15-30(21-26)43(29)37(46)40-32-22-31(47-5)16-17-33(32)48-6/h7-13,16-17,19,22-23,26,29-30H,14-15,18,20-21H2,1-6H3,(H,40,46)(H2,39,41,45). The van der Waals surface area contributed by atoms with Gasteiger partial charge >= 0.3 is 12.1 Å². The Hall–Kier alpha value is -4.99. The third-order valence-corrected chi connectivity index (χ3v) is 9.42. The van der Waals surface area contributed by atoms with Gasteiger partial charge in [-0.3, -0.25) is 5.32 Å². The molecule has 6 rings (SSSR count). The van der Waals surface area contributed by atoms with Gasteiger partial charge in [0.15, 0.2) is 0 Å². The van der Waals surface area contributed by atoms with Crippen LogP contribution in [0.15, 0.2) is 72.8 Å². The van der Waals surface area contributed by atoms with Crippen molar-refractivity contribution in [3.05, 3.63) is 89.6 Å². The Morgan fingerprint density at radius 1 is 0.875 bits per heavy atom. The average Bonchev–Trinajstić information content (AvgIpc) is 3.59. The molecular weight excluding hydrogens is 604 g/mol. The van der Waals surface area contributed by atoms with Crippen LogP contribution >= 0.6 is 0 Å². The van der Waals surface area contributed by atoms with E-state index in [1.54, 1.807) is 31.0 Å². The second-order valence-electron chi connectivity index (χ2n) is 14.0. The number of carbonyl (C=O) groups is 2. The highest BCUT2D eigenvalue weighted by atomic mass is 16.5. The number of aromatic nitrogens is 2. The quantitative estimate of drug-likeness (QED) is 0.178. The highest BCUT2D eigenvalue weighted by Gasteiger charge is 2.43. The molecule has 4 aromatic rings. The van der Waals surface area contributed by atoms with Crippen LogP contribution in [0, 0.1) is 12.8 Å². The number of anilines is 3. The first-order chi connectivity index (χ1) is 23.0. The number of nitrogens with zero attached hydrogens (tertiary/aromatic N) is 3. The Kier molecular flexibility index (Phi) is 9.35. The molecule has 2 saturated heterocycles. The molecule has 4 amide bonds. The van der Waals surface area contributed by atoms with E-state index in [0.717, 1.165) is 60.3 Å². The predicted octanol–water partition coefficient (Wildman–Crippen LogP) is 8.16. The number of benzene rings is 3. The van der Waals surface area contributed by atoms with E-state index in [1.807, 2.05) is 66.4 Å². The van der Waals surface area contributed by atoms with Crippen molar-refractivity contribution >= 4 is 29.3 Å². The van der Waals surface area contributed by atoms with Gasteiger partial charge in [-0.25, -0.2) is 14.3 Å². The van der Waals surface area contributed by atoms with Gasteiger partial charge in [0.05, 0.1) is 31.3 Å². The van der Waals surface area contributed by atoms with Crippen LogP contribution in [0.2, 0.25) is 0 Å². The minimum absolute atomic E-state index is 0.0944. The first-order valence-electron chi connectivity index (χ1n) is 16.7. The number of ether oxygens (including phenoxy) is 2. The van der Waals surface area contributed by atoms with Gasteiger partial charge in [-0.05, 0) is 86.9 Å². The molecule has 0 radical (unpaired) electrons. The number of aryl methyl sites for hydroxylation is 1. The van der Waals surface area contributed by atoms with Crippen LogP contribution in [0.1, 0.15) is 63.3 Å². The maximum absolute atomic E-state index is 13.5. The summed E-state index contributed by atoms with van der Waals surface area (Å²) in [6, 6.07) is 23.4. The van der Waals surface area contributed by atoms with Gasteiger partial charge in [0, 0.05) is 35.3 Å². The van der Waals surface area contributed by atoms with E-state index in [4.69, 9.17) is 14.6 Å². The summed E-state index contributed by atoms with van der Waals surface area (Å²) in [5, 5.41) is 13.9. The number of fused-ring (bicyclic) bond motifs is 2. The minimum atomic E-state index is -0.328. The molecule has 0 spiro atoms. The molecular formula is C38H46N6O4. The molecule has 0 aliphatic carbocycles. The summed E-state index contributed by atoms with van der Waals surface area (Å²) in [5.74, 6) is 2.31. The lowest BCUT2D eigenvalue weighted by atomic mass is 9.86. The van der Waals surface area contributed by atoms with Crippen molar-refractivity contribution in [1.29, 1.82) is 0 Å². The zero-order valence-electron chi connectivity index (χ0n) is 28.7. The summed E-state index contributed by atoms with van der Waals surface area (Å²) in [7, 11) is 3.19. The fourth-order valence-electron chi connectivity index (χ4n) is 6.99. The third kappa shape index (κ3) is 7.27. The second kappa shape index (κ2) is 13.6. The van der Waals surface area contributed by atoms with E-state index in [0.29, 0.717) is 28.9 Å². The van der Waals surface area contributed by atoms with Crippen molar-refractivity contribution in [2.75, 3.05) is 30.2 Å². The largest absolute Gasteiger partial charge is 0.497 e. The number of nitrogens with one attached hydrogen (secondary N) is 3. The number of carbonyl (C=O) groups excluding carboxylic acids is 2. The van der Waals surface area contributed by atoms with Crippen LogP contribution in [-0.4, -0.2) is 53.0 Å². The van der Waals surface area contributed by atoms with Crippen LogP contribution < -0.4 is 25.4 Å². The number of rotatable bonds is 8. The topological polar surface area (TPSA) is 110 Å². The molecule has 10 nitrogen and oxygen atoms in total. The van der Waals surface area contributed by atoms with Crippen molar-refractivity contribution in [3.63, 3.8) is 0 Å². The Bertz CT molecular complexity index is 1760. The second-order valence-corrected chi connectivity index (χ2v) is 14.0. The molecule has 2 unspecified atom stereocenters. The first kappa shape index (κ1) is 32.9. The minimum Gasteiger partial charge on any atom is -0.497 e. The zero-order chi connectivity index (χ0) is 34.0. The van der Waals surface area contributed by atoms with Crippen molar-refractivity contribution in [2.24, 2.45) is 5.92 Å². The number of methoxy groups -OCH3 is 2. The average molecular weight is 651 g/mol. The molecule has 252 valence electrons. The van der Waals surface area contributed by atoms with E-state index in [2.05, 4.69) is 42.8 Å². The van der Waals surface area contributed by atoms with Crippen LogP contribution in [0.25, 0.3) is 5.69 Å². The summed E-state index contributed by atoms with van der Waals surface area (Å²) < 4.78 is 12.6. The van der Waals surface area contributed by atoms with Crippen LogP contribution in [0.5, 0.6) is 11.5 Å². The predicted molar refractivity (Wildman–Crippen MR) is 190 cm³/mol. The molecule has 48 heavy (non-hydrogen) atoms. The van der Waals surface area contributed by atoms with E-state index in [9.17, 15) is 9.59 Å². The van der Waals surface area contributed by atoms with Crippen molar-refractivity contribution in [1.82, 2.24) is 14.7 Å². The Morgan fingerprint density at radius 3 is 2.27 bits per heavy atom. The molecule has 3 aromatic carbocycles. The molecule has 2 fully saturated rings. The fraction of sp³-hybridized carbons (Fsp3) is 0.395. The number of hydrogen-bond donors (Lipinski definition) is 3. The van der Waals surface area contributed by atoms with Gasteiger partial charge in [-0.15, -0.1) is 0 Å². The highest BCUT2D eigenvalue weighted by molar-refractivity contribution is 5.99. The maximum Gasteiger partial charge on any atom is 0.324 e. The Morgan fingerprint density at radius 2 is 1.60 bits per heavy atom. The monoisotopic (exact) mass is 650 g/mol. The number of piperidine rings is 1. The SMILES string of the molecule is COc1ccc(OC)c(NC(=O)N2C3CCC2CC(Cc2cccc(NC(=O)Nc4cc(C(C)(C)C)nn4-c4ccc(C)cc4)c2)C3)c1.